The Morgan fingerprint density at radius 3 is 2.58 bits per heavy atom. The summed E-state index contributed by atoms with van der Waals surface area (Å²) in [6.07, 6.45) is 2.26. The van der Waals surface area contributed by atoms with Crippen molar-refractivity contribution in [1.29, 1.82) is 0 Å². The van der Waals surface area contributed by atoms with Gasteiger partial charge in [0.2, 0.25) is 0 Å². The minimum Gasteiger partial charge on any atom is -0.490 e. The lowest BCUT2D eigenvalue weighted by Crippen LogP contribution is -2.47. The maximum Gasteiger partial charge on any atom is 0.267 e. The molecule has 0 spiro atoms. The van der Waals surface area contributed by atoms with Gasteiger partial charge in [0.15, 0.2) is 10.7 Å². The number of aliphatic hydroxyl groups is 1. The number of nitrogens with zero attached hydrogens (tertiary/aromatic N) is 3. The van der Waals surface area contributed by atoms with E-state index in [2.05, 4.69) is 14.8 Å². The molecule has 2 N–H and O–H groups in total. The molecule has 224 valence electrons. The Morgan fingerprint density at radius 2 is 1.95 bits per heavy atom. The summed E-state index contributed by atoms with van der Waals surface area (Å²) in [6.45, 7) is 10.3. The SMILES string of the molecule is Cc1noc(C)c1S(=O)(=O)Nc1ccc2c(c1)C(=O)N([C@H](C)CO)C[C@H](C)[C@@H](CN(C)C)OCCCC[C@H](C)O2. The minimum absolute atomic E-state index is 0.0344. The van der Waals surface area contributed by atoms with Gasteiger partial charge in [-0.05, 0) is 79.3 Å². The third-order valence-corrected chi connectivity index (χ3v) is 8.71. The van der Waals surface area contributed by atoms with E-state index in [9.17, 15) is 18.3 Å². The van der Waals surface area contributed by atoms with E-state index in [1.54, 1.807) is 30.9 Å². The number of nitrogens with one attached hydrogen (secondary N) is 1. The zero-order chi connectivity index (χ0) is 29.6. The number of benzene rings is 1. The lowest BCUT2D eigenvalue weighted by Gasteiger charge is -2.35. The maximum atomic E-state index is 14.1. The van der Waals surface area contributed by atoms with Crippen LogP contribution in [-0.4, -0.2) is 93.0 Å². The number of hydrogen-bond acceptors (Lipinski definition) is 9. The number of anilines is 1. The molecule has 1 aromatic heterocycles. The monoisotopic (exact) mass is 580 g/mol. The molecule has 0 aliphatic carbocycles. The van der Waals surface area contributed by atoms with E-state index in [-0.39, 0.29) is 58.2 Å². The molecular weight excluding hydrogens is 536 g/mol. The molecule has 0 fully saturated rings. The van der Waals surface area contributed by atoms with Crippen molar-refractivity contribution in [2.45, 2.75) is 77.0 Å². The molecule has 1 aliphatic heterocycles. The standard InChI is InChI=1S/C28H44N4O7S/c1-18-15-32(19(2)17-33)28(34)24-14-23(30-40(35,36)27-21(4)29-39-22(27)5)11-12-25(24)38-20(3)10-8-9-13-37-26(18)16-31(6)7/h11-12,14,18-20,26,30,33H,8-10,13,15-17H2,1-7H3/t18-,19+,20-,26+/m0/s1. The number of carbonyl (C=O) groups is 1. The topological polar surface area (TPSA) is 134 Å². The van der Waals surface area contributed by atoms with E-state index >= 15 is 0 Å². The molecule has 0 bridgehead atoms. The molecule has 1 aliphatic rings. The number of fused-ring (bicyclic) bond motifs is 1. The molecule has 0 radical (unpaired) electrons. The van der Waals surface area contributed by atoms with Crippen LogP contribution in [0.25, 0.3) is 0 Å². The fourth-order valence-corrected chi connectivity index (χ4v) is 6.25. The highest BCUT2D eigenvalue weighted by atomic mass is 32.2. The molecule has 11 nitrogen and oxygen atoms in total. The van der Waals surface area contributed by atoms with Gasteiger partial charge in [0.25, 0.3) is 15.9 Å². The van der Waals surface area contributed by atoms with Crippen molar-refractivity contribution in [3.8, 4) is 5.75 Å². The number of ether oxygens (including phenoxy) is 2. The van der Waals surface area contributed by atoms with E-state index in [1.807, 2.05) is 27.9 Å². The summed E-state index contributed by atoms with van der Waals surface area (Å²) >= 11 is 0. The Kier molecular flexibility index (Phi) is 11.0. The molecule has 2 heterocycles. The molecule has 4 atom stereocenters. The number of hydrogen-bond donors (Lipinski definition) is 2. The van der Waals surface area contributed by atoms with E-state index < -0.39 is 16.1 Å². The van der Waals surface area contributed by atoms with Gasteiger partial charge in [0.1, 0.15) is 11.4 Å². The summed E-state index contributed by atoms with van der Waals surface area (Å²) in [5.74, 6) is 0.129. The van der Waals surface area contributed by atoms with Crippen molar-refractivity contribution in [3.63, 3.8) is 0 Å². The normalized spacial score (nSPS) is 22.4. The van der Waals surface area contributed by atoms with Crippen molar-refractivity contribution in [1.82, 2.24) is 15.0 Å². The number of amides is 1. The fourth-order valence-electron chi connectivity index (χ4n) is 4.87. The number of aliphatic hydroxyl groups excluding tert-OH is 1. The van der Waals surface area contributed by atoms with Gasteiger partial charge < -0.3 is 28.9 Å². The summed E-state index contributed by atoms with van der Waals surface area (Å²) in [5, 5.41) is 13.8. The molecular formula is C28H44N4O7S. The molecule has 1 amide bonds. The first kappa shape index (κ1) is 31.9. The first-order valence-corrected chi connectivity index (χ1v) is 15.3. The quantitative estimate of drug-likeness (QED) is 0.505. The molecule has 0 unspecified atom stereocenters. The van der Waals surface area contributed by atoms with Crippen molar-refractivity contribution >= 4 is 21.6 Å². The molecule has 0 saturated heterocycles. The maximum absolute atomic E-state index is 14.1. The van der Waals surface area contributed by atoms with Crippen LogP contribution >= 0.6 is 0 Å². The van der Waals surface area contributed by atoms with Gasteiger partial charge in [0, 0.05) is 31.3 Å². The predicted molar refractivity (Wildman–Crippen MR) is 152 cm³/mol. The van der Waals surface area contributed by atoms with Crippen molar-refractivity contribution in [3.05, 3.63) is 35.2 Å². The van der Waals surface area contributed by atoms with Gasteiger partial charge in [-0.15, -0.1) is 0 Å². The number of rotatable bonds is 7. The predicted octanol–water partition coefficient (Wildman–Crippen LogP) is 3.45. The number of aromatic nitrogens is 1. The van der Waals surface area contributed by atoms with Gasteiger partial charge >= 0.3 is 0 Å². The molecule has 0 saturated carbocycles. The van der Waals surface area contributed by atoms with Crippen LogP contribution < -0.4 is 9.46 Å². The van der Waals surface area contributed by atoms with Crippen LogP contribution in [0, 0.1) is 19.8 Å². The fraction of sp³-hybridized carbons (Fsp3) is 0.643. The second-order valence-corrected chi connectivity index (χ2v) is 12.7. The van der Waals surface area contributed by atoms with Crippen LogP contribution in [0.1, 0.15) is 61.8 Å². The highest BCUT2D eigenvalue weighted by Gasteiger charge is 2.31. The van der Waals surface area contributed by atoms with E-state index in [0.29, 0.717) is 25.4 Å². The highest BCUT2D eigenvalue weighted by molar-refractivity contribution is 7.92. The van der Waals surface area contributed by atoms with Crippen molar-refractivity contribution in [2.24, 2.45) is 5.92 Å². The average molecular weight is 581 g/mol. The molecule has 3 rings (SSSR count). The average Bonchev–Trinajstić information content (AvgIpc) is 3.23. The highest BCUT2D eigenvalue weighted by Crippen LogP contribution is 2.30. The first-order chi connectivity index (χ1) is 18.8. The third kappa shape index (κ3) is 7.96. The summed E-state index contributed by atoms with van der Waals surface area (Å²) in [6, 6.07) is 4.18. The second-order valence-electron chi connectivity index (χ2n) is 11.0. The van der Waals surface area contributed by atoms with E-state index in [0.717, 1.165) is 19.3 Å². The largest absolute Gasteiger partial charge is 0.490 e. The minimum atomic E-state index is -4.03. The van der Waals surface area contributed by atoms with E-state index in [4.69, 9.17) is 14.0 Å². The zero-order valence-corrected chi connectivity index (χ0v) is 25.5. The van der Waals surface area contributed by atoms with Crippen LogP contribution in [0.15, 0.2) is 27.6 Å². The molecule has 12 heteroatoms. The first-order valence-electron chi connectivity index (χ1n) is 13.8. The number of aryl methyl sites for hydroxylation is 2. The second kappa shape index (κ2) is 13.8. The van der Waals surface area contributed by atoms with Gasteiger partial charge in [-0.25, -0.2) is 8.42 Å². The number of sulfonamides is 1. The van der Waals surface area contributed by atoms with Crippen LogP contribution in [-0.2, 0) is 14.8 Å². The number of likely N-dealkylation sites (N-methyl/N-ethyl adjacent to an activating group) is 1. The number of carbonyl (C=O) groups excluding carboxylic acids is 1. The Labute approximate surface area is 237 Å². The Morgan fingerprint density at radius 1 is 1.23 bits per heavy atom. The van der Waals surface area contributed by atoms with E-state index in [1.165, 1.54) is 13.0 Å². The Hall–Kier alpha value is -2.67. The van der Waals surface area contributed by atoms with Gasteiger partial charge in [-0.1, -0.05) is 12.1 Å². The smallest absolute Gasteiger partial charge is 0.267 e. The third-order valence-electron chi connectivity index (χ3n) is 7.09. The summed E-state index contributed by atoms with van der Waals surface area (Å²) in [7, 11) is -0.0559. The molecule has 40 heavy (non-hydrogen) atoms. The van der Waals surface area contributed by atoms with Crippen molar-refractivity contribution in [2.75, 3.05) is 45.1 Å². The summed E-state index contributed by atoms with van der Waals surface area (Å²) in [5.41, 5.74) is 0.645. The van der Waals surface area contributed by atoms with Crippen LogP contribution in [0.5, 0.6) is 5.75 Å². The van der Waals surface area contributed by atoms with Crippen LogP contribution in [0.4, 0.5) is 5.69 Å². The van der Waals surface area contributed by atoms with Crippen LogP contribution in [0.2, 0.25) is 0 Å². The van der Waals surface area contributed by atoms with Gasteiger partial charge in [-0.2, -0.15) is 0 Å². The summed E-state index contributed by atoms with van der Waals surface area (Å²) in [4.78, 5) is 17.8. The summed E-state index contributed by atoms with van der Waals surface area (Å²) < 4.78 is 46.4. The van der Waals surface area contributed by atoms with Crippen molar-refractivity contribution < 1.29 is 32.3 Å². The Bertz CT molecular complexity index is 1230. The van der Waals surface area contributed by atoms with Crippen LogP contribution in [0.3, 0.4) is 0 Å². The van der Waals surface area contributed by atoms with Gasteiger partial charge in [-0.3, -0.25) is 9.52 Å². The molecule has 2 aromatic rings. The Balaban J connectivity index is 2.04. The van der Waals surface area contributed by atoms with Gasteiger partial charge in [0.05, 0.1) is 30.4 Å². The zero-order valence-electron chi connectivity index (χ0n) is 24.6. The lowest BCUT2D eigenvalue weighted by molar-refractivity contribution is -0.0137. The molecule has 1 aromatic carbocycles. The lowest BCUT2D eigenvalue weighted by atomic mass is 10.0.